The van der Waals surface area contributed by atoms with Crippen LogP contribution in [0.3, 0.4) is 0 Å². The van der Waals surface area contributed by atoms with Gasteiger partial charge in [-0.2, -0.15) is 0 Å². The fourth-order valence-electron chi connectivity index (χ4n) is 1.70. The van der Waals surface area contributed by atoms with Gasteiger partial charge >= 0.3 is 0 Å². The van der Waals surface area contributed by atoms with Crippen LogP contribution in [0, 0.1) is 0 Å². The van der Waals surface area contributed by atoms with Crippen molar-refractivity contribution in [3.63, 3.8) is 0 Å². The highest BCUT2D eigenvalue weighted by Crippen LogP contribution is 2.18. The molecule has 0 saturated heterocycles. The van der Waals surface area contributed by atoms with Gasteiger partial charge in [0.25, 0.3) is 0 Å². The quantitative estimate of drug-likeness (QED) is 0.831. The van der Waals surface area contributed by atoms with Crippen LogP contribution in [0.2, 0.25) is 0 Å². The number of benzene rings is 2. The Kier molecular flexibility index (Phi) is 5.01. The first-order chi connectivity index (χ1) is 9.70. The predicted molar refractivity (Wildman–Crippen MR) is 80.6 cm³/mol. The summed E-state index contributed by atoms with van der Waals surface area (Å²) in [5.41, 5.74) is 6.34. The summed E-state index contributed by atoms with van der Waals surface area (Å²) in [6.07, 6.45) is 0. The molecule has 0 fully saturated rings. The van der Waals surface area contributed by atoms with Crippen LogP contribution >= 0.6 is 0 Å². The van der Waals surface area contributed by atoms with E-state index in [0.29, 0.717) is 22.9 Å². The second-order valence-electron chi connectivity index (χ2n) is 4.11. The van der Waals surface area contributed by atoms with Gasteiger partial charge in [0.05, 0.1) is 28.6 Å². The van der Waals surface area contributed by atoms with E-state index in [2.05, 4.69) is 0 Å². The fraction of sp³-hybridized carbons (Fsp3) is 0.200. The van der Waals surface area contributed by atoms with Gasteiger partial charge in [-0.15, -0.1) is 0 Å². The molecule has 0 spiro atoms. The van der Waals surface area contributed by atoms with E-state index in [-0.39, 0.29) is 0 Å². The minimum Gasteiger partial charge on any atom is -0.497 e. The van der Waals surface area contributed by atoms with E-state index in [9.17, 15) is 4.21 Å². The normalized spacial score (nSPS) is 11.8. The maximum atomic E-state index is 12.1. The van der Waals surface area contributed by atoms with Gasteiger partial charge < -0.3 is 15.2 Å². The third-order valence-corrected chi connectivity index (χ3v) is 4.16. The molecule has 1 atom stereocenters. The molecule has 1 unspecified atom stereocenters. The van der Waals surface area contributed by atoms with E-state index >= 15 is 0 Å². The molecule has 0 saturated carbocycles. The van der Waals surface area contributed by atoms with E-state index in [1.807, 2.05) is 36.4 Å². The summed E-state index contributed by atoms with van der Waals surface area (Å²) in [4.78, 5) is 0.658. The number of nitrogen functional groups attached to an aromatic ring is 1. The Hall–Kier alpha value is -2.01. The Bertz CT molecular complexity index is 584. The summed E-state index contributed by atoms with van der Waals surface area (Å²) in [6, 6.07) is 14.5. The van der Waals surface area contributed by atoms with Gasteiger partial charge in [0.15, 0.2) is 0 Å². The Morgan fingerprint density at radius 2 is 1.70 bits per heavy atom. The number of para-hydroxylation sites is 1. The first kappa shape index (κ1) is 14.4. The van der Waals surface area contributed by atoms with Gasteiger partial charge in [0.2, 0.25) is 0 Å². The molecule has 2 rings (SSSR count). The van der Waals surface area contributed by atoms with Crippen molar-refractivity contribution in [2.45, 2.75) is 4.90 Å². The summed E-state index contributed by atoms with van der Waals surface area (Å²) in [5, 5.41) is 0. The van der Waals surface area contributed by atoms with E-state index in [4.69, 9.17) is 15.2 Å². The zero-order valence-electron chi connectivity index (χ0n) is 11.2. The number of ether oxygens (including phenoxy) is 2. The van der Waals surface area contributed by atoms with Crippen molar-refractivity contribution in [1.82, 2.24) is 0 Å². The number of anilines is 1. The van der Waals surface area contributed by atoms with Gasteiger partial charge in [-0.1, -0.05) is 12.1 Å². The smallest absolute Gasteiger partial charge is 0.119 e. The van der Waals surface area contributed by atoms with Gasteiger partial charge in [-0.3, -0.25) is 4.21 Å². The highest BCUT2D eigenvalue weighted by Gasteiger charge is 2.07. The Morgan fingerprint density at radius 1 is 1.05 bits per heavy atom. The summed E-state index contributed by atoms with van der Waals surface area (Å²) >= 11 is 0. The molecule has 0 amide bonds. The predicted octanol–water partition coefficient (Wildman–Crippen LogP) is 2.46. The maximum Gasteiger partial charge on any atom is 0.119 e. The lowest BCUT2D eigenvalue weighted by molar-refractivity contribution is 0.341. The molecule has 4 nitrogen and oxygen atoms in total. The number of rotatable bonds is 6. The van der Waals surface area contributed by atoms with Crippen LogP contribution in [-0.2, 0) is 10.8 Å². The SMILES string of the molecule is COc1ccc(OCCS(=O)c2ccccc2N)cc1. The number of hydrogen-bond donors (Lipinski definition) is 1. The van der Waals surface area contributed by atoms with Crippen molar-refractivity contribution in [1.29, 1.82) is 0 Å². The average molecular weight is 291 g/mol. The largest absolute Gasteiger partial charge is 0.497 e. The number of nitrogens with two attached hydrogens (primary N) is 1. The van der Waals surface area contributed by atoms with Crippen LogP contribution in [-0.4, -0.2) is 23.7 Å². The molecule has 20 heavy (non-hydrogen) atoms. The zero-order chi connectivity index (χ0) is 14.4. The highest BCUT2D eigenvalue weighted by molar-refractivity contribution is 7.85. The molecule has 106 valence electrons. The van der Waals surface area contributed by atoms with Gasteiger partial charge in [0, 0.05) is 5.69 Å². The van der Waals surface area contributed by atoms with E-state index in [1.165, 1.54) is 0 Å². The molecule has 2 N–H and O–H groups in total. The lowest BCUT2D eigenvalue weighted by atomic mass is 10.3. The minimum atomic E-state index is -1.15. The molecular weight excluding hydrogens is 274 g/mol. The molecule has 0 radical (unpaired) electrons. The van der Waals surface area contributed by atoms with E-state index < -0.39 is 10.8 Å². The van der Waals surface area contributed by atoms with Crippen LogP contribution < -0.4 is 15.2 Å². The summed E-state index contributed by atoms with van der Waals surface area (Å²) < 4.78 is 22.7. The molecular formula is C15H17NO3S. The maximum absolute atomic E-state index is 12.1. The van der Waals surface area contributed by atoms with Crippen molar-refractivity contribution in [2.24, 2.45) is 0 Å². The van der Waals surface area contributed by atoms with Crippen molar-refractivity contribution in [2.75, 3.05) is 25.2 Å². The molecule has 0 aliphatic heterocycles. The number of hydrogen-bond acceptors (Lipinski definition) is 4. The third kappa shape index (κ3) is 3.74. The van der Waals surface area contributed by atoms with Gasteiger partial charge in [-0.05, 0) is 36.4 Å². The lowest BCUT2D eigenvalue weighted by Crippen LogP contribution is -2.10. The summed E-state index contributed by atoms with van der Waals surface area (Å²) in [5.74, 6) is 1.90. The topological polar surface area (TPSA) is 61.5 Å². The summed E-state index contributed by atoms with van der Waals surface area (Å²) in [6.45, 7) is 0.368. The molecule has 5 heteroatoms. The fourth-order valence-corrected chi connectivity index (χ4v) is 2.72. The molecule has 2 aromatic rings. The monoisotopic (exact) mass is 291 g/mol. The van der Waals surface area contributed by atoms with Crippen LogP contribution in [0.5, 0.6) is 11.5 Å². The van der Waals surface area contributed by atoms with Crippen molar-refractivity contribution >= 4 is 16.5 Å². The highest BCUT2D eigenvalue weighted by atomic mass is 32.2. The molecule has 0 bridgehead atoms. The number of methoxy groups -OCH3 is 1. The van der Waals surface area contributed by atoms with E-state index in [0.717, 1.165) is 11.5 Å². The summed E-state index contributed by atoms with van der Waals surface area (Å²) in [7, 11) is 0.465. The Balaban J connectivity index is 1.86. The first-order valence-electron chi connectivity index (χ1n) is 6.20. The standard InChI is InChI=1S/C15H17NO3S/c1-18-12-6-8-13(9-7-12)19-10-11-20(17)15-5-3-2-4-14(15)16/h2-9H,10-11,16H2,1H3. The second-order valence-corrected chi connectivity index (χ2v) is 5.65. The van der Waals surface area contributed by atoms with Crippen molar-refractivity contribution in [3.05, 3.63) is 48.5 Å². The van der Waals surface area contributed by atoms with Gasteiger partial charge in [-0.25, -0.2) is 0 Å². The lowest BCUT2D eigenvalue weighted by Gasteiger charge is -2.08. The van der Waals surface area contributed by atoms with Crippen molar-refractivity contribution in [3.8, 4) is 11.5 Å². The van der Waals surface area contributed by atoms with Crippen molar-refractivity contribution < 1.29 is 13.7 Å². The molecule has 0 aromatic heterocycles. The average Bonchev–Trinajstić information content (AvgIpc) is 2.48. The van der Waals surface area contributed by atoms with Gasteiger partial charge in [0.1, 0.15) is 18.1 Å². The zero-order valence-corrected chi connectivity index (χ0v) is 12.1. The molecule has 0 aliphatic carbocycles. The molecule has 2 aromatic carbocycles. The minimum absolute atomic E-state index is 0.368. The molecule has 0 heterocycles. The van der Waals surface area contributed by atoms with Crippen LogP contribution in [0.25, 0.3) is 0 Å². The van der Waals surface area contributed by atoms with E-state index in [1.54, 1.807) is 19.2 Å². The third-order valence-electron chi connectivity index (χ3n) is 2.76. The van der Waals surface area contributed by atoms with Crippen LogP contribution in [0.1, 0.15) is 0 Å². The molecule has 0 aliphatic rings. The Morgan fingerprint density at radius 3 is 2.35 bits per heavy atom. The second kappa shape index (κ2) is 6.96. The first-order valence-corrected chi connectivity index (χ1v) is 7.52. The Labute approximate surface area is 121 Å². The van der Waals surface area contributed by atoms with Crippen LogP contribution in [0.4, 0.5) is 5.69 Å². The van der Waals surface area contributed by atoms with Crippen LogP contribution in [0.15, 0.2) is 53.4 Å².